The summed E-state index contributed by atoms with van der Waals surface area (Å²) in [6, 6.07) is 13.8. The van der Waals surface area contributed by atoms with Crippen LogP contribution in [0.4, 0.5) is 11.4 Å². The molecule has 2 rings (SSSR count). The van der Waals surface area contributed by atoms with Gasteiger partial charge in [0.1, 0.15) is 0 Å². The predicted molar refractivity (Wildman–Crippen MR) is 108 cm³/mol. The maximum absolute atomic E-state index is 12.3. The number of benzene rings is 2. The summed E-state index contributed by atoms with van der Waals surface area (Å²) in [5.41, 5.74) is 5.15. The van der Waals surface area contributed by atoms with E-state index in [1.54, 1.807) is 4.90 Å². The van der Waals surface area contributed by atoms with Gasteiger partial charge in [-0.15, -0.1) is 0 Å². The molecule has 26 heavy (non-hydrogen) atoms. The van der Waals surface area contributed by atoms with Gasteiger partial charge in [-0.1, -0.05) is 32.0 Å². The largest absolute Gasteiger partial charge is 0.326 e. The summed E-state index contributed by atoms with van der Waals surface area (Å²) in [7, 11) is 0. The zero-order chi connectivity index (χ0) is 19.3. The second kappa shape index (κ2) is 8.65. The zero-order valence-corrected chi connectivity index (χ0v) is 16.3. The summed E-state index contributed by atoms with van der Waals surface area (Å²) >= 11 is 0. The standard InChI is InChI=1S/C22H28N2O2/c1-15(2)19-7-9-20(10-8-19)23-22(26)12-13-24(18(5)25)21-11-6-16(3)17(4)14-21/h6-11,14-15H,12-13H2,1-5H3,(H,23,26). The van der Waals surface area contributed by atoms with Gasteiger partial charge in [0.05, 0.1) is 0 Å². The fourth-order valence-corrected chi connectivity index (χ4v) is 2.75. The van der Waals surface area contributed by atoms with Crippen molar-refractivity contribution in [3.05, 3.63) is 59.2 Å². The fraction of sp³-hybridized carbons (Fsp3) is 0.364. The Labute approximate surface area is 156 Å². The molecule has 0 fully saturated rings. The molecule has 0 aliphatic heterocycles. The van der Waals surface area contributed by atoms with E-state index >= 15 is 0 Å². The average Bonchev–Trinajstić information content (AvgIpc) is 2.58. The van der Waals surface area contributed by atoms with Gasteiger partial charge in [-0.2, -0.15) is 0 Å². The Morgan fingerprint density at radius 3 is 2.19 bits per heavy atom. The molecule has 0 aliphatic rings. The smallest absolute Gasteiger partial charge is 0.226 e. The van der Waals surface area contributed by atoms with Gasteiger partial charge in [-0.25, -0.2) is 0 Å². The van der Waals surface area contributed by atoms with Crippen molar-refractivity contribution in [2.45, 2.75) is 47.0 Å². The molecule has 4 heteroatoms. The van der Waals surface area contributed by atoms with Crippen LogP contribution in [0.5, 0.6) is 0 Å². The summed E-state index contributed by atoms with van der Waals surface area (Å²) in [5, 5.41) is 2.90. The van der Waals surface area contributed by atoms with E-state index in [1.807, 2.05) is 56.3 Å². The molecule has 0 unspecified atom stereocenters. The first-order valence-corrected chi connectivity index (χ1v) is 9.03. The zero-order valence-electron chi connectivity index (χ0n) is 16.3. The number of hydrogen-bond acceptors (Lipinski definition) is 2. The normalized spacial score (nSPS) is 10.7. The van der Waals surface area contributed by atoms with Crippen molar-refractivity contribution in [1.82, 2.24) is 0 Å². The van der Waals surface area contributed by atoms with Crippen LogP contribution in [0.3, 0.4) is 0 Å². The van der Waals surface area contributed by atoms with Gasteiger partial charge in [-0.05, 0) is 60.7 Å². The Morgan fingerprint density at radius 2 is 1.65 bits per heavy atom. The van der Waals surface area contributed by atoms with Crippen molar-refractivity contribution in [3.8, 4) is 0 Å². The van der Waals surface area contributed by atoms with E-state index < -0.39 is 0 Å². The van der Waals surface area contributed by atoms with Crippen molar-refractivity contribution in [3.63, 3.8) is 0 Å². The summed E-state index contributed by atoms with van der Waals surface area (Å²) < 4.78 is 0. The number of rotatable bonds is 6. The van der Waals surface area contributed by atoms with Crippen LogP contribution in [0.2, 0.25) is 0 Å². The van der Waals surface area contributed by atoms with Crippen molar-refractivity contribution < 1.29 is 9.59 Å². The van der Waals surface area contributed by atoms with Crippen LogP contribution >= 0.6 is 0 Å². The summed E-state index contributed by atoms with van der Waals surface area (Å²) in [6.07, 6.45) is 0.248. The second-order valence-corrected chi connectivity index (χ2v) is 7.01. The van der Waals surface area contributed by atoms with Crippen LogP contribution in [0.25, 0.3) is 0 Å². The van der Waals surface area contributed by atoms with Crippen molar-refractivity contribution in [2.75, 3.05) is 16.8 Å². The van der Waals surface area contributed by atoms with Gasteiger partial charge >= 0.3 is 0 Å². The SMILES string of the molecule is CC(=O)N(CCC(=O)Nc1ccc(C(C)C)cc1)c1ccc(C)c(C)c1. The highest BCUT2D eigenvalue weighted by atomic mass is 16.2. The lowest BCUT2D eigenvalue weighted by molar-refractivity contribution is -0.117. The molecule has 2 amide bonds. The number of carbonyl (C=O) groups excluding carboxylic acids is 2. The van der Waals surface area contributed by atoms with Crippen LogP contribution in [-0.2, 0) is 9.59 Å². The molecule has 2 aromatic rings. The number of hydrogen-bond donors (Lipinski definition) is 1. The number of nitrogens with zero attached hydrogens (tertiary/aromatic N) is 1. The van der Waals surface area contributed by atoms with Crippen LogP contribution in [-0.4, -0.2) is 18.4 Å². The highest BCUT2D eigenvalue weighted by Crippen LogP contribution is 2.20. The van der Waals surface area contributed by atoms with Crippen LogP contribution in [0.1, 0.15) is 49.8 Å². The monoisotopic (exact) mass is 352 g/mol. The molecule has 2 aromatic carbocycles. The number of anilines is 2. The first-order valence-electron chi connectivity index (χ1n) is 9.03. The van der Waals surface area contributed by atoms with Crippen LogP contribution in [0, 0.1) is 13.8 Å². The van der Waals surface area contributed by atoms with E-state index in [1.165, 1.54) is 18.1 Å². The molecule has 0 aliphatic carbocycles. The van der Waals surface area contributed by atoms with E-state index in [0.29, 0.717) is 12.5 Å². The van der Waals surface area contributed by atoms with E-state index in [0.717, 1.165) is 16.9 Å². The molecule has 0 saturated heterocycles. The highest BCUT2D eigenvalue weighted by molar-refractivity contribution is 5.94. The van der Waals surface area contributed by atoms with Crippen LogP contribution in [0.15, 0.2) is 42.5 Å². The van der Waals surface area contributed by atoms with Gasteiger partial charge < -0.3 is 10.2 Å². The minimum atomic E-state index is -0.0996. The molecule has 138 valence electrons. The predicted octanol–water partition coefficient (Wildman–Crippen LogP) is 4.81. The van der Waals surface area contributed by atoms with Gasteiger partial charge in [0, 0.05) is 31.3 Å². The Hall–Kier alpha value is -2.62. The lowest BCUT2D eigenvalue weighted by atomic mass is 10.0. The highest BCUT2D eigenvalue weighted by Gasteiger charge is 2.14. The number of amides is 2. The molecule has 0 bridgehead atoms. The third kappa shape index (κ3) is 5.19. The molecular weight excluding hydrogens is 324 g/mol. The molecular formula is C22H28N2O2. The van der Waals surface area contributed by atoms with E-state index in [2.05, 4.69) is 19.2 Å². The van der Waals surface area contributed by atoms with Crippen molar-refractivity contribution in [2.24, 2.45) is 0 Å². The third-order valence-electron chi connectivity index (χ3n) is 4.61. The van der Waals surface area contributed by atoms with Crippen molar-refractivity contribution >= 4 is 23.2 Å². The molecule has 0 atom stereocenters. The van der Waals surface area contributed by atoms with E-state index in [4.69, 9.17) is 0 Å². The Bertz CT molecular complexity index is 779. The minimum absolute atomic E-state index is 0.0673. The molecule has 0 radical (unpaired) electrons. The lowest BCUT2D eigenvalue weighted by Crippen LogP contribution is -2.32. The summed E-state index contributed by atoms with van der Waals surface area (Å²) in [5.74, 6) is 0.293. The first kappa shape index (κ1) is 19.7. The maximum Gasteiger partial charge on any atom is 0.226 e. The number of aryl methyl sites for hydroxylation is 2. The van der Waals surface area contributed by atoms with E-state index in [9.17, 15) is 9.59 Å². The lowest BCUT2D eigenvalue weighted by Gasteiger charge is -2.22. The fourth-order valence-electron chi connectivity index (χ4n) is 2.75. The first-order chi connectivity index (χ1) is 12.3. The molecule has 1 N–H and O–H groups in total. The molecule has 4 nitrogen and oxygen atoms in total. The Balaban J connectivity index is 1.98. The van der Waals surface area contributed by atoms with Gasteiger partial charge in [0.25, 0.3) is 0 Å². The van der Waals surface area contributed by atoms with Crippen LogP contribution < -0.4 is 10.2 Å². The molecule has 0 saturated carbocycles. The van der Waals surface area contributed by atoms with Gasteiger partial charge in [-0.3, -0.25) is 9.59 Å². The maximum atomic E-state index is 12.3. The van der Waals surface area contributed by atoms with Gasteiger partial charge in [0.15, 0.2) is 0 Å². The Morgan fingerprint density at radius 1 is 1.00 bits per heavy atom. The summed E-state index contributed by atoms with van der Waals surface area (Å²) in [4.78, 5) is 25.9. The van der Waals surface area contributed by atoms with E-state index in [-0.39, 0.29) is 18.2 Å². The quantitative estimate of drug-likeness (QED) is 0.811. The number of nitrogens with one attached hydrogen (secondary N) is 1. The minimum Gasteiger partial charge on any atom is -0.326 e. The third-order valence-corrected chi connectivity index (χ3v) is 4.61. The van der Waals surface area contributed by atoms with Gasteiger partial charge in [0.2, 0.25) is 11.8 Å². The second-order valence-electron chi connectivity index (χ2n) is 7.01. The average molecular weight is 352 g/mol. The topological polar surface area (TPSA) is 49.4 Å². The molecule has 0 spiro atoms. The number of carbonyl (C=O) groups is 2. The van der Waals surface area contributed by atoms with Crippen molar-refractivity contribution in [1.29, 1.82) is 0 Å². The molecule has 0 heterocycles. The Kier molecular flexibility index (Phi) is 6.56. The molecule has 0 aromatic heterocycles. The summed E-state index contributed by atoms with van der Waals surface area (Å²) in [6.45, 7) is 10.2.